The normalized spacial score (nSPS) is 10.5. The van der Waals surface area contributed by atoms with Crippen molar-refractivity contribution >= 4 is 23.2 Å². The van der Waals surface area contributed by atoms with Crippen LogP contribution in [0.1, 0.15) is 5.56 Å². The zero-order valence-electron chi connectivity index (χ0n) is 8.48. The number of rotatable bonds is 2. The van der Waals surface area contributed by atoms with Gasteiger partial charge in [0.15, 0.2) is 0 Å². The number of benzene rings is 1. The molecule has 0 aliphatic heterocycles. The summed E-state index contributed by atoms with van der Waals surface area (Å²) in [7, 11) is 0. The van der Waals surface area contributed by atoms with Gasteiger partial charge in [0, 0.05) is 0 Å². The highest BCUT2D eigenvalue weighted by Crippen LogP contribution is 2.22. The van der Waals surface area contributed by atoms with Crippen LogP contribution in [-0.2, 0) is 6.54 Å². The van der Waals surface area contributed by atoms with Crippen LogP contribution in [0.25, 0.3) is 0 Å². The van der Waals surface area contributed by atoms with E-state index in [0.717, 1.165) is 16.4 Å². The second-order valence-electron chi connectivity index (χ2n) is 3.35. The van der Waals surface area contributed by atoms with Crippen LogP contribution in [0.2, 0.25) is 10.0 Å². The summed E-state index contributed by atoms with van der Waals surface area (Å²) in [4.78, 5) is 24.3. The first kappa shape index (κ1) is 11.9. The highest BCUT2D eigenvalue weighted by molar-refractivity contribution is 6.42. The van der Waals surface area contributed by atoms with Crippen molar-refractivity contribution in [1.82, 2.24) is 14.8 Å². The minimum Gasteiger partial charge on any atom is -0.271 e. The fraction of sp³-hybridized carbons (Fsp3) is 0.100. The molecule has 1 heterocycles. The lowest BCUT2D eigenvalue weighted by molar-refractivity contribution is 0.607. The molecule has 7 heteroatoms. The zero-order valence-corrected chi connectivity index (χ0v) is 10.00. The molecule has 5 nitrogen and oxygen atoms in total. The Morgan fingerprint density at radius 3 is 2.65 bits per heavy atom. The Bertz CT molecular complexity index is 663. The molecule has 0 unspecified atom stereocenters. The van der Waals surface area contributed by atoms with E-state index in [4.69, 9.17) is 23.2 Å². The zero-order chi connectivity index (χ0) is 12.4. The van der Waals surface area contributed by atoms with Crippen LogP contribution in [-0.4, -0.2) is 14.8 Å². The Labute approximate surface area is 106 Å². The molecule has 1 aromatic carbocycles. The van der Waals surface area contributed by atoms with Gasteiger partial charge in [-0.2, -0.15) is 5.10 Å². The van der Waals surface area contributed by atoms with E-state index in [0.29, 0.717) is 10.0 Å². The molecule has 1 aromatic heterocycles. The lowest BCUT2D eigenvalue weighted by Gasteiger charge is -2.04. The summed E-state index contributed by atoms with van der Waals surface area (Å²) in [5, 5.41) is 4.56. The summed E-state index contributed by atoms with van der Waals surface area (Å²) in [5.74, 6) is 0. The number of halogens is 2. The van der Waals surface area contributed by atoms with Crippen LogP contribution in [0.5, 0.6) is 0 Å². The van der Waals surface area contributed by atoms with E-state index in [-0.39, 0.29) is 6.54 Å². The van der Waals surface area contributed by atoms with E-state index in [1.54, 1.807) is 18.2 Å². The van der Waals surface area contributed by atoms with E-state index < -0.39 is 11.2 Å². The van der Waals surface area contributed by atoms with Gasteiger partial charge in [0.05, 0.1) is 16.6 Å². The quantitative estimate of drug-likeness (QED) is 0.895. The Balaban J connectivity index is 2.35. The molecule has 2 aromatic rings. The highest BCUT2D eigenvalue weighted by atomic mass is 35.5. The number of aromatic nitrogens is 3. The molecule has 0 atom stereocenters. The summed E-state index contributed by atoms with van der Waals surface area (Å²) < 4.78 is 1.13. The first-order valence-corrected chi connectivity index (χ1v) is 5.42. The Morgan fingerprint density at radius 1 is 1.24 bits per heavy atom. The second kappa shape index (κ2) is 4.73. The van der Waals surface area contributed by atoms with E-state index in [9.17, 15) is 9.59 Å². The molecule has 0 aliphatic rings. The number of aromatic amines is 1. The van der Waals surface area contributed by atoms with Gasteiger partial charge >= 0.3 is 5.69 Å². The second-order valence-corrected chi connectivity index (χ2v) is 4.16. The third kappa shape index (κ3) is 2.75. The third-order valence-electron chi connectivity index (χ3n) is 2.10. The molecule has 17 heavy (non-hydrogen) atoms. The van der Waals surface area contributed by atoms with Crippen molar-refractivity contribution in [3.63, 3.8) is 0 Å². The van der Waals surface area contributed by atoms with Crippen LogP contribution in [0.15, 0.2) is 34.0 Å². The summed E-state index contributed by atoms with van der Waals surface area (Å²) >= 11 is 11.6. The first-order chi connectivity index (χ1) is 8.06. The Kier molecular flexibility index (Phi) is 3.31. The number of nitrogens with zero attached hydrogens (tertiary/aromatic N) is 2. The average molecular weight is 272 g/mol. The predicted molar refractivity (Wildman–Crippen MR) is 64.7 cm³/mol. The van der Waals surface area contributed by atoms with Crippen molar-refractivity contribution in [3.8, 4) is 0 Å². The van der Waals surface area contributed by atoms with Gasteiger partial charge < -0.3 is 0 Å². The van der Waals surface area contributed by atoms with E-state index in [1.807, 2.05) is 0 Å². The number of hydrogen-bond acceptors (Lipinski definition) is 3. The predicted octanol–water partition coefficient (Wildman–Crippen LogP) is 1.29. The number of nitrogens with one attached hydrogen (secondary N) is 1. The molecule has 0 radical (unpaired) electrons. The summed E-state index contributed by atoms with van der Waals surface area (Å²) in [5.41, 5.74) is -0.329. The summed E-state index contributed by atoms with van der Waals surface area (Å²) in [6, 6.07) is 5.01. The minimum atomic E-state index is -0.566. The van der Waals surface area contributed by atoms with Gasteiger partial charge in [-0.15, -0.1) is 0 Å². The van der Waals surface area contributed by atoms with Crippen molar-refractivity contribution in [1.29, 1.82) is 0 Å². The lowest BCUT2D eigenvalue weighted by atomic mass is 10.2. The summed E-state index contributed by atoms with van der Waals surface area (Å²) in [6.07, 6.45) is 1.04. The largest absolute Gasteiger partial charge is 0.345 e. The number of hydrogen-bond donors (Lipinski definition) is 1. The molecule has 0 spiro atoms. The van der Waals surface area contributed by atoms with Crippen LogP contribution in [0.4, 0.5) is 0 Å². The highest BCUT2D eigenvalue weighted by Gasteiger charge is 2.03. The van der Waals surface area contributed by atoms with Gasteiger partial charge in [-0.3, -0.25) is 9.78 Å². The first-order valence-electron chi connectivity index (χ1n) is 4.66. The Morgan fingerprint density at radius 2 is 2.00 bits per heavy atom. The van der Waals surface area contributed by atoms with Gasteiger partial charge in [-0.25, -0.2) is 9.48 Å². The van der Waals surface area contributed by atoms with Gasteiger partial charge in [-0.05, 0) is 17.7 Å². The lowest BCUT2D eigenvalue weighted by Crippen LogP contribution is -2.31. The van der Waals surface area contributed by atoms with Crippen LogP contribution < -0.4 is 11.2 Å². The van der Waals surface area contributed by atoms with Crippen molar-refractivity contribution in [2.75, 3.05) is 0 Å². The molecule has 0 saturated heterocycles. The standard InChI is InChI=1S/C10H7Cl2N3O2/c11-7-2-1-6(3-8(7)12)5-15-10(17)14-9(16)4-13-15/h1-4H,5H2,(H,14,16,17). The molecule has 1 N–H and O–H groups in total. The molecule has 88 valence electrons. The maximum absolute atomic E-state index is 11.4. The fourth-order valence-electron chi connectivity index (χ4n) is 1.30. The topological polar surface area (TPSA) is 67.8 Å². The molecule has 0 amide bonds. The van der Waals surface area contributed by atoms with Crippen molar-refractivity contribution in [2.45, 2.75) is 6.54 Å². The van der Waals surface area contributed by atoms with E-state index in [1.165, 1.54) is 0 Å². The van der Waals surface area contributed by atoms with Crippen LogP contribution >= 0.6 is 23.2 Å². The molecule has 2 rings (SSSR count). The fourth-order valence-corrected chi connectivity index (χ4v) is 1.62. The molecule has 0 aliphatic carbocycles. The SMILES string of the molecule is O=c1cnn(Cc2ccc(Cl)c(Cl)c2)c(=O)[nH]1. The number of H-pyrrole nitrogens is 1. The maximum atomic E-state index is 11.4. The van der Waals surface area contributed by atoms with Crippen LogP contribution in [0.3, 0.4) is 0 Å². The van der Waals surface area contributed by atoms with Crippen molar-refractivity contribution < 1.29 is 0 Å². The smallest absolute Gasteiger partial charge is 0.271 e. The Hall–Kier alpha value is -1.59. The van der Waals surface area contributed by atoms with E-state index >= 15 is 0 Å². The van der Waals surface area contributed by atoms with E-state index in [2.05, 4.69) is 10.1 Å². The average Bonchev–Trinajstić information content (AvgIpc) is 2.27. The van der Waals surface area contributed by atoms with Gasteiger partial charge in [-0.1, -0.05) is 29.3 Å². The molecule has 0 saturated carbocycles. The van der Waals surface area contributed by atoms with Gasteiger partial charge in [0.1, 0.15) is 6.20 Å². The van der Waals surface area contributed by atoms with Crippen LogP contribution in [0, 0.1) is 0 Å². The third-order valence-corrected chi connectivity index (χ3v) is 2.83. The maximum Gasteiger partial charge on any atom is 0.345 e. The van der Waals surface area contributed by atoms with Gasteiger partial charge in [0.25, 0.3) is 5.56 Å². The van der Waals surface area contributed by atoms with Gasteiger partial charge in [0.2, 0.25) is 0 Å². The molecule has 0 fully saturated rings. The van der Waals surface area contributed by atoms with Crippen molar-refractivity contribution in [2.24, 2.45) is 0 Å². The molecule has 0 bridgehead atoms. The monoisotopic (exact) mass is 271 g/mol. The summed E-state index contributed by atoms with van der Waals surface area (Å²) in [6.45, 7) is 0.215. The van der Waals surface area contributed by atoms with Crippen molar-refractivity contribution in [3.05, 3.63) is 60.8 Å². The molecular weight excluding hydrogens is 265 g/mol. The molecular formula is C10H7Cl2N3O2. The minimum absolute atomic E-state index is 0.215.